The van der Waals surface area contributed by atoms with Crippen molar-refractivity contribution in [3.05, 3.63) is 28.5 Å². The van der Waals surface area contributed by atoms with Crippen molar-refractivity contribution in [2.75, 3.05) is 57.1 Å². The summed E-state index contributed by atoms with van der Waals surface area (Å²) in [5, 5.41) is 2.60. The van der Waals surface area contributed by atoms with Gasteiger partial charge in [0.1, 0.15) is 47.3 Å². The number of nitrogens with one attached hydrogen (secondary N) is 1. The molecule has 3 fully saturated rings. The van der Waals surface area contributed by atoms with E-state index in [1.807, 2.05) is 4.90 Å². The van der Waals surface area contributed by atoms with Crippen molar-refractivity contribution in [3.63, 3.8) is 0 Å². The lowest BCUT2D eigenvalue weighted by atomic mass is 9.91. The molecular formula is C27H27ClF5N7O2. The first kappa shape index (κ1) is 27.6. The summed E-state index contributed by atoms with van der Waals surface area (Å²) in [6, 6.07) is 1.74. The SMILES string of the molecule is CN1c2nc(OC[C@@]34CCCN3C[C@H](F)C4)nc3c(F)c(-c4cc(N)cc(Cl)c4C(F)(F)F)nc(c23)OCC12CNC2. The van der Waals surface area contributed by atoms with Crippen molar-refractivity contribution in [1.82, 2.24) is 25.2 Å². The Morgan fingerprint density at radius 2 is 2.02 bits per heavy atom. The predicted octanol–water partition coefficient (Wildman–Crippen LogP) is 4.21. The number of likely N-dealkylation sites (N-methyl/N-ethyl adjacent to an activating group) is 1. The molecule has 4 aliphatic heterocycles. The number of nitrogen functional groups attached to an aromatic ring is 1. The lowest BCUT2D eigenvalue weighted by molar-refractivity contribution is -0.137. The molecule has 3 saturated heterocycles. The minimum absolute atomic E-state index is 0.0841. The monoisotopic (exact) mass is 611 g/mol. The summed E-state index contributed by atoms with van der Waals surface area (Å²) in [5.74, 6) is -1.000. The van der Waals surface area contributed by atoms with E-state index in [-0.39, 0.29) is 47.5 Å². The Bertz CT molecular complexity index is 1600. The summed E-state index contributed by atoms with van der Waals surface area (Å²) in [6.07, 6.45) is -3.98. The van der Waals surface area contributed by atoms with Crippen LogP contribution in [0.15, 0.2) is 12.1 Å². The van der Waals surface area contributed by atoms with Crippen LogP contribution >= 0.6 is 11.6 Å². The number of hydrogen-bond acceptors (Lipinski definition) is 9. The first-order chi connectivity index (χ1) is 19.9. The topological polar surface area (TPSA) is 102 Å². The molecule has 6 heterocycles. The van der Waals surface area contributed by atoms with E-state index in [4.69, 9.17) is 26.8 Å². The number of anilines is 2. The minimum Gasteiger partial charge on any atom is -0.474 e. The Morgan fingerprint density at radius 1 is 1.24 bits per heavy atom. The zero-order valence-corrected chi connectivity index (χ0v) is 23.2. The van der Waals surface area contributed by atoms with Gasteiger partial charge in [0.25, 0.3) is 0 Å². The number of halogens is 6. The molecule has 0 saturated carbocycles. The van der Waals surface area contributed by atoms with Gasteiger partial charge in [-0.2, -0.15) is 23.1 Å². The highest BCUT2D eigenvalue weighted by molar-refractivity contribution is 6.32. The van der Waals surface area contributed by atoms with Gasteiger partial charge in [0.2, 0.25) is 5.88 Å². The Balaban J connectivity index is 1.41. The fourth-order valence-corrected chi connectivity index (χ4v) is 7.06. The number of fused-ring (bicyclic) bond motifs is 1. The number of rotatable bonds is 4. The molecule has 0 bridgehead atoms. The van der Waals surface area contributed by atoms with Crippen LogP contribution in [0.5, 0.6) is 11.9 Å². The second kappa shape index (κ2) is 9.38. The van der Waals surface area contributed by atoms with E-state index in [0.29, 0.717) is 26.1 Å². The van der Waals surface area contributed by atoms with E-state index in [1.165, 1.54) is 0 Å². The maximum absolute atomic E-state index is 16.4. The Labute approximate surface area is 242 Å². The van der Waals surface area contributed by atoms with E-state index in [9.17, 15) is 17.6 Å². The Morgan fingerprint density at radius 3 is 2.74 bits per heavy atom. The highest BCUT2D eigenvalue weighted by Gasteiger charge is 2.50. The molecule has 224 valence electrons. The summed E-state index contributed by atoms with van der Waals surface area (Å²) >= 11 is 5.97. The molecular weight excluding hydrogens is 585 g/mol. The van der Waals surface area contributed by atoms with Gasteiger partial charge >= 0.3 is 12.2 Å². The van der Waals surface area contributed by atoms with E-state index in [0.717, 1.165) is 31.5 Å². The highest BCUT2D eigenvalue weighted by atomic mass is 35.5. The number of alkyl halides is 4. The Hall–Kier alpha value is -3.23. The molecule has 2 atom stereocenters. The van der Waals surface area contributed by atoms with E-state index in [2.05, 4.69) is 25.2 Å². The van der Waals surface area contributed by atoms with Crippen LogP contribution in [0.2, 0.25) is 5.02 Å². The minimum atomic E-state index is -4.94. The highest BCUT2D eigenvalue weighted by Crippen LogP contribution is 2.47. The molecule has 0 radical (unpaired) electrons. The number of pyridine rings is 1. The third-order valence-electron chi connectivity index (χ3n) is 9.01. The maximum Gasteiger partial charge on any atom is 0.418 e. The summed E-state index contributed by atoms with van der Waals surface area (Å²) in [4.78, 5) is 17.1. The second-order valence-electron chi connectivity index (χ2n) is 11.6. The normalized spacial score (nSPS) is 24.9. The number of ether oxygens (including phenoxy) is 2. The zero-order chi connectivity index (χ0) is 29.6. The van der Waals surface area contributed by atoms with Crippen molar-refractivity contribution < 1.29 is 31.4 Å². The van der Waals surface area contributed by atoms with Gasteiger partial charge in [-0.1, -0.05) is 11.6 Å². The maximum atomic E-state index is 16.4. The molecule has 15 heteroatoms. The summed E-state index contributed by atoms with van der Waals surface area (Å²) in [5.41, 5.74) is 1.72. The van der Waals surface area contributed by atoms with Crippen LogP contribution in [-0.2, 0) is 6.18 Å². The molecule has 1 spiro atoms. The van der Waals surface area contributed by atoms with Crippen molar-refractivity contribution in [3.8, 4) is 23.1 Å². The summed E-state index contributed by atoms with van der Waals surface area (Å²) in [7, 11) is 1.78. The van der Waals surface area contributed by atoms with Crippen molar-refractivity contribution in [2.24, 2.45) is 0 Å². The fraction of sp³-hybridized carbons (Fsp3) is 0.519. The van der Waals surface area contributed by atoms with Crippen LogP contribution in [0.1, 0.15) is 24.8 Å². The lowest BCUT2D eigenvalue weighted by Crippen LogP contribution is -2.71. The zero-order valence-electron chi connectivity index (χ0n) is 22.5. The van der Waals surface area contributed by atoms with Crippen LogP contribution in [0.4, 0.5) is 33.5 Å². The molecule has 7 rings (SSSR count). The first-order valence-corrected chi connectivity index (χ1v) is 14.0. The Kier molecular flexibility index (Phi) is 6.17. The third-order valence-corrected chi connectivity index (χ3v) is 9.31. The van der Waals surface area contributed by atoms with Gasteiger partial charge in [-0.3, -0.25) is 4.90 Å². The average Bonchev–Trinajstić information content (AvgIpc) is 3.37. The average molecular weight is 612 g/mol. The van der Waals surface area contributed by atoms with Crippen LogP contribution in [-0.4, -0.2) is 83.5 Å². The van der Waals surface area contributed by atoms with E-state index < -0.39 is 51.1 Å². The molecule has 3 aromatic rings. The smallest absolute Gasteiger partial charge is 0.418 e. The van der Waals surface area contributed by atoms with E-state index in [1.54, 1.807) is 7.05 Å². The van der Waals surface area contributed by atoms with Crippen LogP contribution < -0.4 is 25.4 Å². The van der Waals surface area contributed by atoms with Crippen LogP contribution in [0.3, 0.4) is 0 Å². The molecule has 2 aromatic heterocycles. The van der Waals surface area contributed by atoms with Gasteiger partial charge in [-0.05, 0) is 31.5 Å². The number of aromatic nitrogens is 3. The molecule has 42 heavy (non-hydrogen) atoms. The predicted molar refractivity (Wildman–Crippen MR) is 145 cm³/mol. The number of benzene rings is 1. The van der Waals surface area contributed by atoms with Crippen molar-refractivity contribution >= 4 is 34.0 Å². The van der Waals surface area contributed by atoms with Crippen LogP contribution in [0, 0.1) is 5.82 Å². The largest absolute Gasteiger partial charge is 0.474 e. The molecule has 9 nitrogen and oxygen atoms in total. The first-order valence-electron chi connectivity index (χ1n) is 13.6. The van der Waals surface area contributed by atoms with Gasteiger partial charge in [0.05, 0.1) is 16.1 Å². The molecule has 0 amide bonds. The summed E-state index contributed by atoms with van der Waals surface area (Å²) < 4.78 is 85.3. The summed E-state index contributed by atoms with van der Waals surface area (Å²) in [6.45, 7) is 2.30. The third kappa shape index (κ3) is 4.13. The van der Waals surface area contributed by atoms with Crippen molar-refractivity contribution in [2.45, 2.75) is 42.7 Å². The standard InChI is InChI=1S/C27H27ClF5N7O2/c1-39-22-17-21(37-24(38-22)42-11-25-3-2-4-40(25)8-13(29)7-25)19(30)20(36-23(17)41-12-26(39)9-35-10-26)15-5-14(34)6-16(28)18(15)27(31,32)33/h5-6,13,35H,2-4,7-12,34H2,1H3/t13-,25+/m1/s1. The van der Waals surface area contributed by atoms with Gasteiger partial charge in [0.15, 0.2) is 5.82 Å². The number of nitrogens with two attached hydrogens (primary N) is 1. The van der Waals surface area contributed by atoms with Gasteiger partial charge in [-0.25, -0.2) is 13.8 Å². The molecule has 3 N–H and O–H groups in total. The van der Waals surface area contributed by atoms with Gasteiger partial charge in [0, 0.05) is 44.4 Å². The van der Waals surface area contributed by atoms with Gasteiger partial charge < -0.3 is 25.4 Å². The number of hydrogen-bond donors (Lipinski definition) is 2. The quantitative estimate of drug-likeness (QED) is 0.332. The van der Waals surface area contributed by atoms with Crippen molar-refractivity contribution in [1.29, 1.82) is 0 Å². The molecule has 0 aliphatic carbocycles. The van der Waals surface area contributed by atoms with E-state index >= 15 is 4.39 Å². The second-order valence-corrected chi connectivity index (χ2v) is 12.0. The fourth-order valence-electron chi connectivity index (χ4n) is 6.72. The lowest BCUT2D eigenvalue weighted by Gasteiger charge is -2.48. The van der Waals surface area contributed by atoms with Gasteiger partial charge in [-0.15, -0.1) is 0 Å². The molecule has 4 aliphatic rings. The molecule has 1 aromatic carbocycles. The number of nitrogens with zero attached hydrogens (tertiary/aromatic N) is 5. The molecule has 0 unspecified atom stereocenters. The van der Waals surface area contributed by atoms with Crippen LogP contribution in [0.25, 0.3) is 22.2 Å².